The van der Waals surface area contributed by atoms with Gasteiger partial charge in [-0.1, -0.05) is 0 Å². The van der Waals surface area contributed by atoms with Crippen LogP contribution in [0.3, 0.4) is 0 Å². The average molecular weight is 278 g/mol. The molecule has 20 heavy (non-hydrogen) atoms. The van der Waals surface area contributed by atoms with Gasteiger partial charge in [-0.3, -0.25) is 5.43 Å². The SMILES string of the molecule is COC(=O)N1C=CC=C(c2cc(F)ccc2C(=O)O)N1. The topological polar surface area (TPSA) is 78.9 Å². The van der Waals surface area contributed by atoms with Gasteiger partial charge in [-0.15, -0.1) is 0 Å². The zero-order chi connectivity index (χ0) is 14.7. The van der Waals surface area contributed by atoms with E-state index < -0.39 is 17.9 Å². The van der Waals surface area contributed by atoms with Crippen molar-refractivity contribution in [2.75, 3.05) is 7.11 Å². The lowest BCUT2D eigenvalue weighted by molar-refractivity contribution is 0.0696. The van der Waals surface area contributed by atoms with Gasteiger partial charge >= 0.3 is 12.1 Å². The molecule has 1 heterocycles. The van der Waals surface area contributed by atoms with E-state index in [0.717, 1.165) is 23.2 Å². The Morgan fingerprint density at radius 3 is 2.80 bits per heavy atom. The minimum atomic E-state index is -1.19. The molecule has 104 valence electrons. The number of hydrogen-bond acceptors (Lipinski definition) is 4. The van der Waals surface area contributed by atoms with Crippen molar-refractivity contribution in [2.45, 2.75) is 0 Å². The molecular formula is C13H11FN2O4. The Hall–Kier alpha value is -2.83. The molecule has 7 heteroatoms. The third-order valence-electron chi connectivity index (χ3n) is 2.61. The van der Waals surface area contributed by atoms with Crippen molar-refractivity contribution in [1.29, 1.82) is 0 Å². The Balaban J connectivity index is 2.39. The van der Waals surface area contributed by atoms with E-state index in [1.54, 1.807) is 0 Å². The van der Waals surface area contributed by atoms with E-state index >= 15 is 0 Å². The Labute approximate surface area is 113 Å². The molecule has 1 amide bonds. The van der Waals surface area contributed by atoms with Gasteiger partial charge in [0.05, 0.1) is 18.4 Å². The number of carbonyl (C=O) groups excluding carboxylic acids is 1. The number of ether oxygens (including phenoxy) is 1. The molecule has 2 rings (SSSR count). The Morgan fingerprint density at radius 2 is 2.15 bits per heavy atom. The molecule has 6 nitrogen and oxygen atoms in total. The number of rotatable bonds is 2. The fourth-order valence-corrected chi connectivity index (χ4v) is 1.71. The first-order valence-corrected chi connectivity index (χ1v) is 5.58. The number of nitrogens with one attached hydrogen (secondary N) is 1. The first-order valence-electron chi connectivity index (χ1n) is 5.58. The quantitative estimate of drug-likeness (QED) is 0.864. The van der Waals surface area contributed by atoms with Crippen LogP contribution in [0.1, 0.15) is 15.9 Å². The van der Waals surface area contributed by atoms with Crippen molar-refractivity contribution in [1.82, 2.24) is 10.4 Å². The summed E-state index contributed by atoms with van der Waals surface area (Å²) in [6, 6.07) is 3.30. The second-order valence-electron chi connectivity index (χ2n) is 3.87. The highest BCUT2D eigenvalue weighted by atomic mass is 19.1. The summed E-state index contributed by atoms with van der Waals surface area (Å²) in [6.07, 6.45) is 3.76. The molecule has 0 saturated heterocycles. The van der Waals surface area contributed by atoms with Gasteiger partial charge in [-0.2, -0.15) is 5.01 Å². The smallest absolute Gasteiger partial charge is 0.432 e. The van der Waals surface area contributed by atoms with Crippen LogP contribution in [0.15, 0.2) is 36.6 Å². The summed E-state index contributed by atoms with van der Waals surface area (Å²) in [6.45, 7) is 0. The third-order valence-corrected chi connectivity index (χ3v) is 2.61. The third kappa shape index (κ3) is 2.61. The number of allylic oxidation sites excluding steroid dienone is 2. The zero-order valence-electron chi connectivity index (χ0n) is 10.5. The molecule has 0 fully saturated rings. The Morgan fingerprint density at radius 1 is 1.40 bits per heavy atom. The number of hydrazine groups is 1. The number of benzene rings is 1. The van der Waals surface area contributed by atoms with Crippen LogP contribution in [0, 0.1) is 5.82 Å². The molecule has 0 bridgehead atoms. The van der Waals surface area contributed by atoms with Gasteiger partial charge in [0.25, 0.3) is 0 Å². The number of carbonyl (C=O) groups is 2. The maximum atomic E-state index is 13.3. The predicted molar refractivity (Wildman–Crippen MR) is 67.9 cm³/mol. The molecule has 1 aliphatic heterocycles. The molecule has 0 saturated carbocycles. The fraction of sp³-hybridized carbons (Fsp3) is 0.0769. The van der Waals surface area contributed by atoms with Gasteiger partial charge in [0, 0.05) is 11.8 Å². The van der Waals surface area contributed by atoms with Gasteiger partial charge in [0.2, 0.25) is 0 Å². The van der Waals surface area contributed by atoms with Gasteiger partial charge in [-0.05, 0) is 30.4 Å². The van der Waals surface area contributed by atoms with E-state index in [4.69, 9.17) is 5.11 Å². The average Bonchev–Trinajstić information content (AvgIpc) is 2.46. The number of methoxy groups -OCH3 is 1. The Bertz CT molecular complexity index is 625. The first kappa shape index (κ1) is 13.6. The monoisotopic (exact) mass is 278 g/mol. The van der Waals surface area contributed by atoms with E-state index in [1.807, 2.05) is 0 Å². The molecular weight excluding hydrogens is 267 g/mol. The van der Waals surface area contributed by atoms with Crippen molar-refractivity contribution in [3.63, 3.8) is 0 Å². The minimum absolute atomic E-state index is 0.0785. The van der Waals surface area contributed by atoms with Gasteiger partial charge in [-0.25, -0.2) is 14.0 Å². The largest absolute Gasteiger partial charge is 0.478 e. The summed E-state index contributed by atoms with van der Waals surface area (Å²) in [7, 11) is 1.21. The van der Waals surface area contributed by atoms with Crippen LogP contribution in [-0.2, 0) is 4.74 Å². The summed E-state index contributed by atoms with van der Waals surface area (Å²) < 4.78 is 17.8. The number of carboxylic acids is 1. The highest BCUT2D eigenvalue weighted by Crippen LogP contribution is 2.21. The molecule has 0 spiro atoms. The highest BCUT2D eigenvalue weighted by Gasteiger charge is 2.20. The molecule has 0 unspecified atom stereocenters. The lowest BCUT2D eigenvalue weighted by atomic mass is 10.0. The van der Waals surface area contributed by atoms with Crippen molar-refractivity contribution in [2.24, 2.45) is 0 Å². The van der Waals surface area contributed by atoms with E-state index in [-0.39, 0.29) is 16.8 Å². The zero-order valence-corrected chi connectivity index (χ0v) is 10.5. The molecule has 1 aromatic rings. The van der Waals surface area contributed by atoms with Gasteiger partial charge in [0.1, 0.15) is 5.82 Å². The molecule has 0 atom stereocenters. The van der Waals surface area contributed by atoms with Crippen LogP contribution >= 0.6 is 0 Å². The van der Waals surface area contributed by atoms with Crippen LogP contribution in [0.5, 0.6) is 0 Å². The molecule has 2 N–H and O–H groups in total. The highest BCUT2D eigenvalue weighted by molar-refractivity contribution is 5.94. The molecule has 0 aliphatic carbocycles. The lowest BCUT2D eigenvalue weighted by Gasteiger charge is -2.24. The molecule has 1 aromatic carbocycles. The second kappa shape index (κ2) is 5.43. The van der Waals surface area contributed by atoms with Crippen molar-refractivity contribution in [3.05, 3.63) is 53.5 Å². The van der Waals surface area contributed by atoms with Gasteiger partial charge < -0.3 is 9.84 Å². The number of amides is 1. The fourth-order valence-electron chi connectivity index (χ4n) is 1.71. The van der Waals surface area contributed by atoms with Crippen LogP contribution in [0.4, 0.5) is 9.18 Å². The van der Waals surface area contributed by atoms with E-state index in [0.29, 0.717) is 0 Å². The van der Waals surface area contributed by atoms with Crippen LogP contribution in [-0.4, -0.2) is 29.3 Å². The maximum absolute atomic E-state index is 13.3. The number of aromatic carboxylic acids is 1. The lowest BCUT2D eigenvalue weighted by Crippen LogP contribution is -2.39. The van der Waals surface area contributed by atoms with E-state index in [1.165, 1.54) is 25.5 Å². The number of nitrogens with zero attached hydrogens (tertiary/aromatic N) is 1. The summed E-state index contributed by atoms with van der Waals surface area (Å²) in [4.78, 5) is 22.5. The van der Waals surface area contributed by atoms with Crippen LogP contribution in [0.25, 0.3) is 5.70 Å². The molecule has 0 aromatic heterocycles. The van der Waals surface area contributed by atoms with E-state index in [9.17, 15) is 14.0 Å². The van der Waals surface area contributed by atoms with Crippen LogP contribution in [0.2, 0.25) is 0 Å². The normalized spacial score (nSPS) is 13.5. The Kier molecular flexibility index (Phi) is 3.69. The second-order valence-corrected chi connectivity index (χ2v) is 3.87. The van der Waals surface area contributed by atoms with Gasteiger partial charge in [0.15, 0.2) is 0 Å². The predicted octanol–water partition coefficient (Wildman–Crippen LogP) is 1.97. The van der Waals surface area contributed by atoms with Crippen molar-refractivity contribution < 1.29 is 23.8 Å². The van der Waals surface area contributed by atoms with Crippen molar-refractivity contribution in [3.8, 4) is 0 Å². The maximum Gasteiger partial charge on any atom is 0.432 e. The summed E-state index contributed by atoms with van der Waals surface area (Å²) in [5.41, 5.74) is 2.98. The van der Waals surface area contributed by atoms with E-state index in [2.05, 4.69) is 10.2 Å². The number of halogens is 1. The standard InChI is InChI=1S/C13H11FN2O4/c1-20-13(19)16-6-2-3-11(15-16)10-7-8(14)4-5-9(10)12(17)18/h2-7,15H,1H3,(H,17,18). The number of hydrogen-bond donors (Lipinski definition) is 2. The number of carboxylic acid groups (broad SMARTS) is 1. The van der Waals surface area contributed by atoms with Crippen molar-refractivity contribution >= 4 is 17.8 Å². The summed E-state index contributed by atoms with van der Waals surface area (Å²) >= 11 is 0. The van der Waals surface area contributed by atoms with Crippen LogP contribution < -0.4 is 5.43 Å². The molecule has 0 radical (unpaired) electrons. The first-order chi connectivity index (χ1) is 9.52. The summed E-state index contributed by atoms with van der Waals surface area (Å²) in [5, 5.41) is 10.1. The summed E-state index contributed by atoms with van der Waals surface area (Å²) in [5.74, 6) is -1.77. The minimum Gasteiger partial charge on any atom is -0.478 e. The molecule has 1 aliphatic rings.